The predicted octanol–water partition coefficient (Wildman–Crippen LogP) is 7.33. The summed E-state index contributed by atoms with van der Waals surface area (Å²) in [5, 5.41) is 2.86. The zero-order valence-electron chi connectivity index (χ0n) is 18.8. The van der Waals surface area contributed by atoms with E-state index in [1.54, 1.807) is 12.1 Å². The standard InChI is InChI=1S/C23H27ClF3N3OS/c1-6-15(3)14-32-22-16(4)21(17-8-10-19(11-9-17)31-23(25,26)27)28-20(29-22)13-30(5)18(7-2)12-24/h7-11,14H,6,12-13H2,1-5H3/b15-14+,18-7-. The van der Waals surface area contributed by atoms with Gasteiger partial charge in [-0.1, -0.05) is 30.3 Å². The Morgan fingerprint density at radius 3 is 2.41 bits per heavy atom. The number of allylic oxidation sites excluding steroid dienone is 3. The SMILES string of the molecule is C/C=C(/CCl)N(C)Cc1nc(S/C=C(\C)CC)c(C)c(-c2ccc(OC(F)(F)F)cc2)n1. The summed E-state index contributed by atoms with van der Waals surface area (Å²) in [4.78, 5) is 11.4. The van der Waals surface area contributed by atoms with Crippen LogP contribution in [0.4, 0.5) is 13.2 Å². The maximum atomic E-state index is 12.5. The number of hydrogen-bond donors (Lipinski definition) is 0. The molecule has 0 aliphatic rings. The highest BCUT2D eigenvalue weighted by Gasteiger charge is 2.31. The molecule has 2 aromatic rings. The Hall–Kier alpha value is -2.19. The summed E-state index contributed by atoms with van der Waals surface area (Å²) >= 11 is 7.53. The van der Waals surface area contributed by atoms with Crippen molar-refractivity contribution in [1.82, 2.24) is 14.9 Å². The van der Waals surface area contributed by atoms with Gasteiger partial charge in [0.2, 0.25) is 0 Å². The highest BCUT2D eigenvalue weighted by atomic mass is 35.5. The Morgan fingerprint density at radius 2 is 1.88 bits per heavy atom. The predicted molar refractivity (Wildman–Crippen MR) is 125 cm³/mol. The topological polar surface area (TPSA) is 38.2 Å². The molecule has 32 heavy (non-hydrogen) atoms. The fraction of sp³-hybridized carbons (Fsp3) is 0.391. The van der Waals surface area contributed by atoms with Crippen LogP contribution in [0.5, 0.6) is 5.75 Å². The molecule has 0 fully saturated rings. The largest absolute Gasteiger partial charge is 0.573 e. The Morgan fingerprint density at radius 1 is 1.22 bits per heavy atom. The van der Waals surface area contributed by atoms with Crippen molar-refractivity contribution in [2.75, 3.05) is 12.9 Å². The van der Waals surface area contributed by atoms with Gasteiger partial charge in [-0.2, -0.15) is 0 Å². The summed E-state index contributed by atoms with van der Waals surface area (Å²) in [5.41, 5.74) is 4.38. The number of halogens is 4. The van der Waals surface area contributed by atoms with Crippen LogP contribution in [0.3, 0.4) is 0 Å². The molecular formula is C23H27ClF3N3OS. The molecule has 1 aromatic carbocycles. The quantitative estimate of drug-likeness (QED) is 0.211. The Labute approximate surface area is 196 Å². The lowest BCUT2D eigenvalue weighted by Gasteiger charge is -2.21. The van der Waals surface area contributed by atoms with Crippen LogP contribution < -0.4 is 4.74 Å². The molecule has 0 unspecified atom stereocenters. The lowest BCUT2D eigenvalue weighted by molar-refractivity contribution is -0.274. The van der Waals surface area contributed by atoms with Gasteiger partial charge in [0.05, 0.1) is 18.1 Å². The van der Waals surface area contributed by atoms with E-state index in [2.05, 4.69) is 24.0 Å². The van der Waals surface area contributed by atoms with E-state index in [-0.39, 0.29) is 5.75 Å². The average Bonchev–Trinajstić information content (AvgIpc) is 2.74. The van der Waals surface area contributed by atoms with Crippen LogP contribution in [0.1, 0.15) is 38.6 Å². The van der Waals surface area contributed by atoms with Crippen molar-refractivity contribution in [3.8, 4) is 17.0 Å². The third-order valence-electron chi connectivity index (χ3n) is 4.78. The van der Waals surface area contributed by atoms with E-state index in [1.807, 2.05) is 31.9 Å². The van der Waals surface area contributed by atoms with Crippen LogP contribution >= 0.6 is 23.4 Å². The summed E-state index contributed by atoms with van der Waals surface area (Å²) in [6.07, 6.45) is -1.87. The van der Waals surface area contributed by atoms with Gasteiger partial charge in [-0.3, -0.25) is 0 Å². The third-order valence-corrected chi connectivity index (χ3v) is 6.19. The van der Waals surface area contributed by atoms with Gasteiger partial charge in [-0.15, -0.1) is 24.8 Å². The van der Waals surface area contributed by atoms with Gasteiger partial charge in [0.25, 0.3) is 0 Å². The highest BCUT2D eigenvalue weighted by molar-refractivity contribution is 8.02. The molecule has 4 nitrogen and oxygen atoms in total. The van der Waals surface area contributed by atoms with E-state index >= 15 is 0 Å². The van der Waals surface area contributed by atoms with E-state index < -0.39 is 6.36 Å². The van der Waals surface area contributed by atoms with E-state index in [0.29, 0.717) is 29.5 Å². The minimum atomic E-state index is -4.73. The summed E-state index contributed by atoms with van der Waals surface area (Å²) in [5.74, 6) is 0.689. The monoisotopic (exact) mass is 485 g/mol. The molecule has 0 radical (unpaired) electrons. The first-order chi connectivity index (χ1) is 15.1. The van der Waals surface area contributed by atoms with Crippen molar-refractivity contribution in [3.05, 3.63) is 58.4 Å². The minimum absolute atomic E-state index is 0.274. The highest BCUT2D eigenvalue weighted by Crippen LogP contribution is 2.32. The minimum Gasteiger partial charge on any atom is -0.406 e. The first-order valence-electron chi connectivity index (χ1n) is 10.1. The summed E-state index contributed by atoms with van der Waals surface area (Å²) in [7, 11) is 1.91. The molecular weight excluding hydrogens is 459 g/mol. The first-order valence-corrected chi connectivity index (χ1v) is 11.5. The lowest BCUT2D eigenvalue weighted by atomic mass is 10.1. The van der Waals surface area contributed by atoms with Crippen LogP contribution in [0.25, 0.3) is 11.3 Å². The van der Waals surface area contributed by atoms with Crippen molar-refractivity contribution >= 4 is 23.4 Å². The smallest absolute Gasteiger partial charge is 0.406 e. The van der Waals surface area contributed by atoms with Crippen molar-refractivity contribution in [1.29, 1.82) is 0 Å². The zero-order valence-corrected chi connectivity index (χ0v) is 20.3. The van der Waals surface area contributed by atoms with Crippen molar-refractivity contribution in [2.45, 2.75) is 52.0 Å². The molecule has 0 aliphatic heterocycles. The van der Waals surface area contributed by atoms with Crippen LogP contribution in [-0.2, 0) is 6.54 Å². The number of alkyl halides is 4. The molecule has 0 saturated carbocycles. The van der Waals surface area contributed by atoms with Gasteiger partial charge in [0.1, 0.15) is 16.6 Å². The van der Waals surface area contributed by atoms with Crippen molar-refractivity contribution < 1.29 is 17.9 Å². The number of thioether (sulfide) groups is 1. The number of hydrogen-bond acceptors (Lipinski definition) is 5. The van der Waals surface area contributed by atoms with E-state index in [9.17, 15) is 13.2 Å². The normalized spacial score (nSPS) is 12.8. The molecule has 0 aliphatic carbocycles. The second-order valence-electron chi connectivity index (χ2n) is 7.20. The van der Waals surface area contributed by atoms with E-state index in [0.717, 1.165) is 22.7 Å². The van der Waals surface area contributed by atoms with Gasteiger partial charge in [0.15, 0.2) is 0 Å². The number of nitrogens with zero attached hydrogens (tertiary/aromatic N) is 3. The number of rotatable bonds is 9. The van der Waals surface area contributed by atoms with Crippen LogP contribution in [-0.4, -0.2) is 34.2 Å². The fourth-order valence-corrected chi connectivity index (χ4v) is 4.04. The van der Waals surface area contributed by atoms with Crippen molar-refractivity contribution in [3.63, 3.8) is 0 Å². The second-order valence-corrected chi connectivity index (χ2v) is 8.32. The molecule has 0 amide bonds. The molecule has 0 bridgehead atoms. The van der Waals surface area contributed by atoms with Crippen molar-refractivity contribution in [2.24, 2.45) is 0 Å². The molecule has 0 spiro atoms. The first kappa shape index (κ1) is 26.1. The van der Waals surface area contributed by atoms with Gasteiger partial charge in [-0.05, 0) is 56.9 Å². The van der Waals surface area contributed by atoms with Crippen LogP contribution in [0.2, 0.25) is 0 Å². The van der Waals surface area contributed by atoms with E-state index in [4.69, 9.17) is 21.6 Å². The maximum Gasteiger partial charge on any atom is 0.573 e. The van der Waals surface area contributed by atoms with Gasteiger partial charge < -0.3 is 9.64 Å². The lowest BCUT2D eigenvalue weighted by Crippen LogP contribution is -2.20. The van der Waals surface area contributed by atoms with Gasteiger partial charge >= 0.3 is 6.36 Å². The summed E-state index contributed by atoms with van der Waals surface area (Å²) in [6, 6.07) is 5.72. The summed E-state index contributed by atoms with van der Waals surface area (Å²) in [6.45, 7) is 8.41. The molecule has 1 heterocycles. The Bertz CT molecular complexity index is 976. The Kier molecular flexibility index (Phi) is 9.46. The zero-order chi connectivity index (χ0) is 23.9. The average molecular weight is 486 g/mol. The molecule has 2 rings (SSSR count). The Balaban J connectivity index is 2.48. The van der Waals surface area contributed by atoms with E-state index in [1.165, 1.54) is 29.5 Å². The fourth-order valence-electron chi connectivity index (χ4n) is 2.77. The summed E-state index contributed by atoms with van der Waals surface area (Å²) < 4.78 is 41.4. The van der Waals surface area contributed by atoms with Crippen LogP contribution in [0, 0.1) is 6.92 Å². The number of ether oxygens (including phenoxy) is 1. The van der Waals surface area contributed by atoms with Gasteiger partial charge in [0, 0.05) is 23.9 Å². The molecule has 0 N–H and O–H groups in total. The molecule has 9 heteroatoms. The third kappa shape index (κ3) is 7.45. The van der Waals surface area contributed by atoms with Gasteiger partial charge in [-0.25, -0.2) is 9.97 Å². The van der Waals surface area contributed by atoms with Crippen LogP contribution in [0.15, 0.2) is 52.0 Å². The molecule has 174 valence electrons. The molecule has 1 aromatic heterocycles. The number of aromatic nitrogens is 2. The molecule has 0 saturated heterocycles. The molecule has 0 atom stereocenters. The second kappa shape index (κ2) is 11.6. The maximum absolute atomic E-state index is 12.5. The number of benzene rings is 1.